The van der Waals surface area contributed by atoms with Gasteiger partial charge in [-0.2, -0.15) is 12.7 Å². The number of hydrogen-bond acceptors (Lipinski definition) is 5. The van der Waals surface area contributed by atoms with Gasteiger partial charge in [0, 0.05) is 33.4 Å². The Morgan fingerprint density at radius 1 is 1.32 bits per heavy atom. The molecule has 0 aromatic heterocycles. The second-order valence-corrected chi connectivity index (χ2v) is 5.88. The van der Waals surface area contributed by atoms with Crippen LogP contribution >= 0.6 is 0 Å². The molecule has 0 radical (unpaired) electrons. The van der Waals surface area contributed by atoms with Crippen LogP contribution in [0.3, 0.4) is 0 Å². The van der Waals surface area contributed by atoms with Crippen LogP contribution in [0.5, 0.6) is 0 Å². The van der Waals surface area contributed by atoms with Gasteiger partial charge in [0.05, 0.1) is 13.5 Å². The molecule has 0 unspecified atom stereocenters. The molecule has 114 valence electrons. The van der Waals surface area contributed by atoms with Crippen LogP contribution in [0.1, 0.15) is 26.2 Å². The highest BCUT2D eigenvalue weighted by Crippen LogP contribution is 1.97. The number of rotatable bonds is 11. The third-order valence-electron chi connectivity index (χ3n) is 2.37. The summed E-state index contributed by atoms with van der Waals surface area (Å²) in [5.41, 5.74) is 0. The Kier molecular flexibility index (Phi) is 9.76. The summed E-state index contributed by atoms with van der Waals surface area (Å²) >= 11 is 0. The van der Waals surface area contributed by atoms with Gasteiger partial charge in [0.2, 0.25) is 0 Å². The lowest BCUT2D eigenvalue weighted by molar-refractivity contribution is -0.140. The van der Waals surface area contributed by atoms with Gasteiger partial charge in [0.15, 0.2) is 0 Å². The van der Waals surface area contributed by atoms with Crippen molar-refractivity contribution in [2.24, 2.45) is 0 Å². The first kappa shape index (κ1) is 18.3. The average Bonchev–Trinajstić information content (AvgIpc) is 2.39. The number of nitrogens with one attached hydrogen (secondary N) is 1. The van der Waals surface area contributed by atoms with Gasteiger partial charge < -0.3 is 9.47 Å². The van der Waals surface area contributed by atoms with E-state index in [4.69, 9.17) is 4.74 Å². The molecule has 0 aromatic rings. The van der Waals surface area contributed by atoms with Crippen LogP contribution in [0.15, 0.2) is 0 Å². The molecule has 0 aliphatic carbocycles. The molecular formula is C11H24N2O5S. The van der Waals surface area contributed by atoms with Crippen molar-refractivity contribution in [2.45, 2.75) is 26.2 Å². The molecule has 0 atom stereocenters. The molecule has 7 nitrogen and oxygen atoms in total. The van der Waals surface area contributed by atoms with Gasteiger partial charge in [0.25, 0.3) is 10.2 Å². The molecular weight excluding hydrogens is 272 g/mol. The third-order valence-corrected chi connectivity index (χ3v) is 3.94. The molecule has 0 bridgehead atoms. The zero-order valence-electron chi connectivity index (χ0n) is 11.8. The normalized spacial score (nSPS) is 11.8. The molecule has 1 N–H and O–H groups in total. The molecule has 0 fully saturated rings. The summed E-state index contributed by atoms with van der Waals surface area (Å²) in [5, 5.41) is 0. The second kappa shape index (κ2) is 10.1. The molecule has 0 aliphatic rings. The van der Waals surface area contributed by atoms with Crippen LogP contribution in [0.25, 0.3) is 0 Å². The highest BCUT2D eigenvalue weighted by atomic mass is 32.2. The topological polar surface area (TPSA) is 84.9 Å². The summed E-state index contributed by atoms with van der Waals surface area (Å²) < 4.78 is 36.7. The minimum atomic E-state index is -3.54. The predicted molar refractivity (Wildman–Crippen MR) is 71.9 cm³/mol. The van der Waals surface area contributed by atoms with Gasteiger partial charge >= 0.3 is 5.97 Å². The summed E-state index contributed by atoms with van der Waals surface area (Å²) in [5.74, 6) is -0.435. The smallest absolute Gasteiger partial charge is 0.306 e. The van der Waals surface area contributed by atoms with Crippen molar-refractivity contribution in [3.05, 3.63) is 0 Å². The van der Waals surface area contributed by atoms with Crippen LogP contribution in [-0.4, -0.2) is 59.2 Å². The van der Waals surface area contributed by atoms with Crippen LogP contribution in [-0.2, 0) is 24.5 Å². The van der Waals surface area contributed by atoms with Gasteiger partial charge in [-0.15, -0.1) is 0 Å². The Morgan fingerprint density at radius 2 is 2.00 bits per heavy atom. The van der Waals surface area contributed by atoms with Crippen LogP contribution in [0.4, 0.5) is 0 Å². The maximum Gasteiger partial charge on any atom is 0.306 e. The van der Waals surface area contributed by atoms with Crippen molar-refractivity contribution in [1.29, 1.82) is 0 Å². The number of carbonyl (C=O) groups excluding carboxylic acids is 1. The third kappa shape index (κ3) is 8.93. The number of carbonyl (C=O) groups is 1. The van der Waals surface area contributed by atoms with Crippen LogP contribution < -0.4 is 4.72 Å². The zero-order chi connectivity index (χ0) is 14.7. The number of methoxy groups -OCH3 is 1. The van der Waals surface area contributed by atoms with Crippen LogP contribution in [0.2, 0.25) is 0 Å². The van der Waals surface area contributed by atoms with Gasteiger partial charge in [-0.25, -0.2) is 4.72 Å². The molecule has 0 aliphatic heterocycles. The molecule has 0 aromatic carbocycles. The van der Waals surface area contributed by atoms with E-state index in [1.54, 1.807) is 0 Å². The maximum absolute atomic E-state index is 11.7. The first-order valence-electron chi connectivity index (χ1n) is 6.29. The van der Waals surface area contributed by atoms with Gasteiger partial charge in [0.1, 0.15) is 0 Å². The summed E-state index contributed by atoms with van der Waals surface area (Å²) in [7, 11) is -0.852. The summed E-state index contributed by atoms with van der Waals surface area (Å²) in [6.07, 6.45) is 1.60. The molecule has 0 rings (SSSR count). The van der Waals surface area contributed by atoms with Crippen molar-refractivity contribution in [2.75, 3.05) is 40.5 Å². The Hall–Kier alpha value is -0.700. The zero-order valence-corrected chi connectivity index (χ0v) is 12.7. The largest absolute Gasteiger partial charge is 0.469 e. The summed E-state index contributed by atoms with van der Waals surface area (Å²) in [6.45, 7) is 3.63. The van der Waals surface area contributed by atoms with E-state index in [1.165, 1.54) is 14.2 Å². The molecule has 0 spiro atoms. The van der Waals surface area contributed by atoms with Crippen molar-refractivity contribution in [1.82, 2.24) is 9.03 Å². The minimum Gasteiger partial charge on any atom is -0.469 e. The van der Waals surface area contributed by atoms with Crippen LogP contribution in [0, 0.1) is 0 Å². The summed E-state index contributed by atoms with van der Waals surface area (Å²) in [4.78, 5) is 10.9. The van der Waals surface area contributed by atoms with Crippen molar-refractivity contribution in [3.8, 4) is 0 Å². The fraction of sp³-hybridized carbons (Fsp3) is 0.909. The van der Waals surface area contributed by atoms with E-state index in [9.17, 15) is 13.2 Å². The van der Waals surface area contributed by atoms with E-state index >= 15 is 0 Å². The van der Waals surface area contributed by atoms with E-state index in [1.807, 2.05) is 6.92 Å². The van der Waals surface area contributed by atoms with E-state index in [0.717, 1.165) is 10.7 Å². The summed E-state index contributed by atoms with van der Waals surface area (Å²) in [6, 6.07) is 0. The van der Waals surface area contributed by atoms with E-state index in [-0.39, 0.29) is 13.0 Å². The Morgan fingerprint density at radius 3 is 2.58 bits per heavy atom. The highest BCUT2D eigenvalue weighted by molar-refractivity contribution is 7.87. The first-order valence-corrected chi connectivity index (χ1v) is 7.73. The number of nitrogens with zero attached hydrogens (tertiary/aromatic N) is 1. The Labute approximate surface area is 115 Å². The lowest BCUT2D eigenvalue weighted by Crippen LogP contribution is -2.39. The molecule has 0 amide bonds. The fourth-order valence-corrected chi connectivity index (χ4v) is 2.16. The number of esters is 1. The predicted octanol–water partition coefficient (Wildman–Crippen LogP) is 0.132. The lowest BCUT2D eigenvalue weighted by atomic mass is 10.4. The van der Waals surface area contributed by atoms with E-state index in [0.29, 0.717) is 26.2 Å². The monoisotopic (exact) mass is 296 g/mol. The molecule has 0 heterocycles. The average molecular weight is 296 g/mol. The van der Waals surface area contributed by atoms with E-state index < -0.39 is 16.2 Å². The first-order chi connectivity index (χ1) is 8.94. The molecule has 0 saturated carbocycles. The standard InChI is InChI=1S/C11H24N2O5S/c1-4-9-18-10-5-7-12-19(15,16)13(2)8-6-11(14)17-3/h12H,4-10H2,1-3H3. The maximum atomic E-state index is 11.7. The van der Waals surface area contributed by atoms with Gasteiger partial charge in [-0.1, -0.05) is 6.92 Å². The van der Waals surface area contributed by atoms with Crippen molar-refractivity contribution >= 4 is 16.2 Å². The van der Waals surface area contributed by atoms with Gasteiger partial charge in [-0.05, 0) is 12.8 Å². The minimum absolute atomic E-state index is 0.0352. The number of hydrogen-bond donors (Lipinski definition) is 1. The highest BCUT2D eigenvalue weighted by Gasteiger charge is 2.17. The fourth-order valence-electron chi connectivity index (χ4n) is 1.20. The Bertz CT molecular complexity index is 345. The molecule has 8 heteroatoms. The van der Waals surface area contributed by atoms with Crippen molar-refractivity contribution < 1.29 is 22.7 Å². The van der Waals surface area contributed by atoms with Gasteiger partial charge in [-0.3, -0.25) is 4.79 Å². The molecule has 0 saturated heterocycles. The molecule has 19 heavy (non-hydrogen) atoms. The lowest BCUT2D eigenvalue weighted by Gasteiger charge is -2.17. The van der Waals surface area contributed by atoms with Crippen molar-refractivity contribution in [3.63, 3.8) is 0 Å². The number of ether oxygens (including phenoxy) is 2. The Balaban J connectivity index is 3.86. The second-order valence-electron chi connectivity index (χ2n) is 4.01. The van der Waals surface area contributed by atoms with E-state index in [2.05, 4.69) is 9.46 Å². The quantitative estimate of drug-likeness (QED) is 0.433. The SMILES string of the molecule is CCCOCCCNS(=O)(=O)N(C)CCC(=O)OC.